The second-order valence-corrected chi connectivity index (χ2v) is 7.64. The zero-order valence-electron chi connectivity index (χ0n) is 15.0. The van der Waals surface area contributed by atoms with E-state index in [4.69, 9.17) is 5.14 Å². The smallest absolute Gasteiger partial charge is 0.268 e. The third-order valence-electron chi connectivity index (χ3n) is 4.17. The van der Waals surface area contributed by atoms with Crippen molar-refractivity contribution in [1.29, 1.82) is 0 Å². The monoisotopic (exact) mass is 377 g/mol. The second-order valence-electron chi connectivity index (χ2n) is 6.08. The quantitative estimate of drug-likeness (QED) is 0.636. The van der Waals surface area contributed by atoms with E-state index in [1.165, 1.54) is 19.1 Å². The van der Waals surface area contributed by atoms with Crippen LogP contribution in [0.5, 0.6) is 0 Å². The van der Waals surface area contributed by atoms with Gasteiger partial charge in [0.2, 0.25) is 10.0 Å². The van der Waals surface area contributed by atoms with Crippen molar-refractivity contribution in [3.05, 3.63) is 52.3 Å². The fourth-order valence-corrected chi connectivity index (χ4v) is 3.47. The van der Waals surface area contributed by atoms with E-state index in [0.29, 0.717) is 36.3 Å². The highest BCUT2D eigenvalue weighted by Crippen LogP contribution is 2.20. The van der Waals surface area contributed by atoms with Gasteiger partial charge < -0.3 is 10.3 Å². The number of nitrogens with two attached hydrogens (primary N) is 1. The highest BCUT2D eigenvalue weighted by atomic mass is 32.2. The minimum atomic E-state index is -3.71. The van der Waals surface area contributed by atoms with E-state index in [-0.39, 0.29) is 16.6 Å². The fourth-order valence-electron chi connectivity index (χ4n) is 2.96. The van der Waals surface area contributed by atoms with Crippen LogP contribution in [0.3, 0.4) is 0 Å². The normalized spacial score (nSPS) is 11.4. The second kappa shape index (κ2) is 7.84. The fraction of sp³-hybridized carbons (Fsp3) is 0.333. The van der Waals surface area contributed by atoms with Crippen LogP contribution in [0.25, 0.3) is 0 Å². The van der Waals surface area contributed by atoms with Crippen molar-refractivity contribution in [1.82, 2.24) is 10.3 Å². The molecule has 8 heteroatoms. The first-order chi connectivity index (χ1) is 12.1. The number of Topliss-reactive ketones (excluding diaryl/α,β-unsaturated/α-hetero) is 1. The Morgan fingerprint density at radius 3 is 2.31 bits per heavy atom. The van der Waals surface area contributed by atoms with Crippen LogP contribution in [0, 0.1) is 6.92 Å². The van der Waals surface area contributed by atoms with Gasteiger partial charge in [-0.15, -0.1) is 0 Å². The number of rotatable bonds is 7. The number of ketones is 1. The molecule has 1 aromatic carbocycles. The van der Waals surface area contributed by atoms with Crippen molar-refractivity contribution in [2.75, 3.05) is 6.54 Å². The number of nitrogens with one attached hydrogen (secondary N) is 2. The van der Waals surface area contributed by atoms with Gasteiger partial charge in [0.15, 0.2) is 5.78 Å². The maximum Gasteiger partial charge on any atom is 0.268 e. The Morgan fingerprint density at radius 2 is 1.81 bits per heavy atom. The minimum Gasteiger partial charge on any atom is -0.354 e. The Balaban J connectivity index is 2.03. The van der Waals surface area contributed by atoms with E-state index in [9.17, 15) is 18.0 Å². The van der Waals surface area contributed by atoms with Gasteiger partial charge in [0.1, 0.15) is 5.69 Å². The molecule has 0 saturated heterocycles. The van der Waals surface area contributed by atoms with Crippen molar-refractivity contribution in [3.63, 3.8) is 0 Å². The molecule has 7 nitrogen and oxygen atoms in total. The summed E-state index contributed by atoms with van der Waals surface area (Å²) in [4.78, 5) is 27.3. The number of hydrogen-bond donors (Lipinski definition) is 3. The molecule has 1 amide bonds. The predicted octanol–water partition coefficient (Wildman–Crippen LogP) is 1.71. The van der Waals surface area contributed by atoms with Crippen LogP contribution in [-0.2, 0) is 22.9 Å². The molecule has 0 unspecified atom stereocenters. The van der Waals surface area contributed by atoms with Gasteiger partial charge in [0.05, 0.1) is 4.90 Å². The Hall–Kier alpha value is -2.45. The van der Waals surface area contributed by atoms with Crippen molar-refractivity contribution < 1.29 is 18.0 Å². The maximum absolute atomic E-state index is 12.4. The number of H-pyrrole nitrogens is 1. The number of carbonyl (C=O) groups excluding carboxylic acids is 2. The number of amides is 1. The lowest BCUT2D eigenvalue weighted by Crippen LogP contribution is -2.27. The number of aryl methyl sites for hydroxylation is 1. The summed E-state index contributed by atoms with van der Waals surface area (Å²) in [6.07, 6.45) is 1.12. The number of aromatic amines is 1. The average Bonchev–Trinajstić information content (AvgIpc) is 2.91. The molecule has 4 N–H and O–H groups in total. The van der Waals surface area contributed by atoms with Gasteiger partial charge in [0, 0.05) is 17.8 Å². The van der Waals surface area contributed by atoms with Gasteiger partial charge >= 0.3 is 0 Å². The summed E-state index contributed by atoms with van der Waals surface area (Å²) in [7, 11) is -3.71. The summed E-state index contributed by atoms with van der Waals surface area (Å²) in [6, 6.07) is 6.20. The summed E-state index contributed by atoms with van der Waals surface area (Å²) in [6.45, 7) is 5.55. The van der Waals surface area contributed by atoms with Crippen LogP contribution in [-0.4, -0.2) is 31.6 Å². The summed E-state index contributed by atoms with van der Waals surface area (Å²) in [5.74, 6) is -0.330. The van der Waals surface area contributed by atoms with Gasteiger partial charge in [-0.25, -0.2) is 13.6 Å². The molecule has 140 valence electrons. The van der Waals surface area contributed by atoms with Crippen LogP contribution in [0.15, 0.2) is 29.2 Å². The van der Waals surface area contributed by atoms with E-state index >= 15 is 0 Å². The minimum absolute atomic E-state index is 0.0523. The van der Waals surface area contributed by atoms with Gasteiger partial charge in [-0.2, -0.15) is 0 Å². The molecule has 26 heavy (non-hydrogen) atoms. The summed E-state index contributed by atoms with van der Waals surface area (Å²) < 4.78 is 22.5. The van der Waals surface area contributed by atoms with E-state index in [2.05, 4.69) is 10.3 Å². The molecule has 0 fully saturated rings. The third-order valence-corrected chi connectivity index (χ3v) is 5.10. The largest absolute Gasteiger partial charge is 0.354 e. The summed E-state index contributed by atoms with van der Waals surface area (Å²) in [5, 5.41) is 7.88. The lowest BCUT2D eigenvalue weighted by molar-refractivity contribution is 0.0948. The van der Waals surface area contributed by atoms with Crippen LogP contribution in [0.4, 0.5) is 0 Å². The molecular formula is C18H23N3O4S. The maximum atomic E-state index is 12.4. The molecule has 0 aliphatic carbocycles. The van der Waals surface area contributed by atoms with Crippen LogP contribution >= 0.6 is 0 Å². The summed E-state index contributed by atoms with van der Waals surface area (Å²) >= 11 is 0. The predicted molar refractivity (Wildman–Crippen MR) is 98.8 cm³/mol. The zero-order valence-corrected chi connectivity index (χ0v) is 15.9. The van der Waals surface area contributed by atoms with Crippen LogP contribution < -0.4 is 10.5 Å². The topological polar surface area (TPSA) is 122 Å². The van der Waals surface area contributed by atoms with E-state index < -0.39 is 10.0 Å². The Labute approximate surface area is 153 Å². The van der Waals surface area contributed by atoms with Gasteiger partial charge in [-0.05, 0) is 49.9 Å². The molecule has 1 aromatic heterocycles. The average molecular weight is 377 g/mol. The van der Waals surface area contributed by atoms with Crippen molar-refractivity contribution >= 4 is 21.7 Å². The number of sulfonamides is 1. The van der Waals surface area contributed by atoms with Gasteiger partial charge in [-0.3, -0.25) is 9.59 Å². The van der Waals surface area contributed by atoms with E-state index in [0.717, 1.165) is 11.1 Å². The zero-order chi connectivity index (χ0) is 19.5. The standard InChI is InChI=1S/C18H23N3O4S/c1-4-15-16(12(3)22)11(2)21-17(15)18(23)20-10-9-13-5-7-14(8-6-13)26(19,24)25/h5-8,21H,4,9-10H2,1-3H3,(H,20,23)(H2,19,24,25). The SMILES string of the molecule is CCc1c(C(=O)NCCc2ccc(S(N)(=O)=O)cc2)[nH]c(C)c1C(C)=O. The lowest BCUT2D eigenvalue weighted by atomic mass is 10.0. The first-order valence-electron chi connectivity index (χ1n) is 8.27. The molecule has 0 spiro atoms. The molecule has 0 saturated carbocycles. The van der Waals surface area contributed by atoms with Crippen molar-refractivity contribution in [2.24, 2.45) is 5.14 Å². The Kier molecular flexibility index (Phi) is 5.99. The molecule has 0 aliphatic heterocycles. The molecular weight excluding hydrogens is 354 g/mol. The van der Waals surface area contributed by atoms with Crippen molar-refractivity contribution in [3.8, 4) is 0 Å². The molecule has 2 rings (SSSR count). The number of primary sulfonamides is 1. The van der Waals surface area contributed by atoms with Crippen LogP contribution in [0.1, 0.15) is 51.5 Å². The van der Waals surface area contributed by atoms with E-state index in [1.807, 2.05) is 6.92 Å². The molecule has 1 heterocycles. The number of aromatic nitrogens is 1. The number of carbonyl (C=O) groups is 2. The molecule has 0 bridgehead atoms. The molecule has 0 aliphatic rings. The molecule has 0 radical (unpaired) electrons. The highest BCUT2D eigenvalue weighted by Gasteiger charge is 2.21. The Bertz CT molecular complexity index is 928. The highest BCUT2D eigenvalue weighted by molar-refractivity contribution is 7.89. The van der Waals surface area contributed by atoms with E-state index in [1.54, 1.807) is 19.1 Å². The summed E-state index contributed by atoms with van der Waals surface area (Å²) in [5.41, 5.74) is 3.29. The first-order valence-corrected chi connectivity index (χ1v) is 9.82. The molecule has 2 aromatic rings. The Morgan fingerprint density at radius 1 is 1.19 bits per heavy atom. The molecule has 0 atom stereocenters. The van der Waals surface area contributed by atoms with Gasteiger partial charge in [-0.1, -0.05) is 19.1 Å². The third kappa shape index (κ3) is 4.39. The van der Waals surface area contributed by atoms with Crippen LogP contribution in [0.2, 0.25) is 0 Å². The lowest BCUT2D eigenvalue weighted by Gasteiger charge is -2.07. The van der Waals surface area contributed by atoms with Gasteiger partial charge in [0.25, 0.3) is 5.91 Å². The van der Waals surface area contributed by atoms with Crippen molar-refractivity contribution in [2.45, 2.75) is 38.5 Å². The first kappa shape index (κ1) is 19.9. The number of benzene rings is 1. The number of hydrogen-bond acceptors (Lipinski definition) is 4.